The SMILES string of the molecule is COc1c(C)cnc(CN2CCCC3CCCCC32)c1C. The second-order valence-corrected chi connectivity index (χ2v) is 6.77. The van der Waals surface area contributed by atoms with Crippen molar-refractivity contribution in [2.45, 2.75) is 65.0 Å². The van der Waals surface area contributed by atoms with Crippen LogP contribution in [0.15, 0.2) is 6.20 Å². The first-order valence-corrected chi connectivity index (χ1v) is 8.44. The van der Waals surface area contributed by atoms with Crippen LogP contribution < -0.4 is 4.74 Å². The first-order valence-electron chi connectivity index (χ1n) is 8.44. The molecule has 3 heteroatoms. The smallest absolute Gasteiger partial charge is 0.128 e. The zero-order chi connectivity index (χ0) is 14.8. The fourth-order valence-electron chi connectivity index (χ4n) is 4.35. The number of methoxy groups -OCH3 is 1. The third-order valence-corrected chi connectivity index (χ3v) is 5.46. The van der Waals surface area contributed by atoms with E-state index >= 15 is 0 Å². The predicted octanol–water partition coefficient (Wildman–Crippen LogP) is 3.86. The highest BCUT2D eigenvalue weighted by atomic mass is 16.5. The maximum absolute atomic E-state index is 5.55. The standard InChI is InChI=1S/C18H28N2O/c1-13-11-19-16(14(2)18(13)21-3)12-20-10-6-8-15-7-4-5-9-17(15)20/h11,15,17H,4-10,12H2,1-3H3. The highest BCUT2D eigenvalue weighted by Crippen LogP contribution is 2.36. The van der Waals surface area contributed by atoms with Gasteiger partial charge in [0.25, 0.3) is 0 Å². The summed E-state index contributed by atoms with van der Waals surface area (Å²) >= 11 is 0. The van der Waals surface area contributed by atoms with Crippen molar-refractivity contribution in [3.63, 3.8) is 0 Å². The largest absolute Gasteiger partial charge is 0.496 e. The van der Waals surface area contributed by atoms with E-state index in [1.165, 1.54) is 56.3 Å². The number of aromatic nitrogens is 1. The van der Waals surface area contributed by atoms with Gasteiger partial charge in [0, 0.05) is 29.9 Å². The van der Waals surface area contributed by atoms with Gasteiger partial charge in [0.05, 0.1) is 12.8 Å². The number of ether oxygens (including phenoxy) is 1. The summed E-state index contributed by atoms with van der Waals surface area (Å²) in [6.45, 7) is 6.44. The van der Waals surface area contributed by atoms with Gasteiger partial charge in [-0.15, -0.1) is 0 Å². The van der Waals surface area contributed by atoms with E-state index in [1.807, 2.05) is 6.20 Å². The minimum absolute atomic E-state index is 0.793. The van der Waals surface area contributed by atoms with E-state index in [2.05, 4.69) is 18.7 Å². The number of likely N-dealkylation sites (tertiary alicyclic amines) is 1. The third kappa shape index (κ3) is 2.94. The molecular formula is C18H28N2O. The molecule has 3 rings (SSSR count). The summed E-state index contributed by atoms with van der Waals surface area (Å²) in [7, 11) is 1.76. The molecule has 1 saturated heterocycles. The molecule has 0 radical (unpaired) electrons. The zero-order valence-corrected chi connectivity index (χ0v) is 13.7. The highest BCUT2D eigenvalue weighted by Gasteiger charge is 2.33. The van der Waals surface area contributed by atoms with Crippen LogP contribution in [0.3, 0.4) is 0 Å². The van der Waals surface area contributed by atoms with Gasteiger partial charge in [-0.05, 0) is 52.0 Å². The summed E-state index contributed by atoms with van der Waals surface area (Å²) in [4.78, 5) is 7.39. The average molecular weight is 288 g/mol. The fraction of sp³-hybridized carbons (Fsp3) is 0.722. The van der Waals surface area contributed by atoms with Crippen LogP contribution in [-0.2, 0) is 6.54 Å². The molecule has 116 valence electrons. The van der Waals surface area contributed by atoms with Gasteiger partial charge >= 0.3 is 0 Å². The van der Waals surface area contributed by atoms with Crippen LogP contribution in [0.1, 0.15) is 55.3 Å². The van der Waals surface area contributed by atoms with Crippen LogP contribution in [-0.4, -0.2) is 29.6 Å². The minimum atomic E-state index is 0.793. The Bertz CT molecular complexity index is 498. The molecule has 0 spiro atoms. The molecule has 0 amide bonds. The Balaban J connectivity index is 1.79. The van der Waals surface area contributed by atoms with E-state index in [0.29, 0.717) is 0 Å². The van der Waals surface area contributed by atoms with Gasteiger partial charge in [-0.2, -0.15) is 0 Å². The maximum Gasteiger partial charge on any atom is 0.128 e. The first-order chi connectivity index (χ1) is 10.2. The van der Waals surface area contributed by atoms with Gasteiger partial charge in [-0.3, -0.25) is 9.88 Å². The normalized spacial score (nSPS) is 26.4. The molecule has 21 heavy (non-hydrogen) atoms. The monoisotopic (exact) mass is 288 g/mol. The van der Waals surface area contributed by atoms with E-state index in [0.717, 1.165) is 29.8 Å². The van der Waals surface area contributed by atoms with Crippen molar-refractivity contribution in [3.8, 4) is 5.75 Å². The van der Waals surface area contributed by atoms with E-state index in [-0.39, 0.29) is 0 Å². The van der Waals surface area contributed by atoms with Gasteiger partial charge in [-0.1, -0.05) is 12.8 Å². The summed E-state index contributed by atoms with van der Waals surface area (Å²) in [6.07, 6.45) is 10.4. The lowest BCUT2D eigenvalue weighted by Crippen LogP contribution is -2.46. The molecule has 1 aliphatic carbocycles. The molecule has 3 nitrogen and oxygen atoms in total. The molecule has 1 aromatic rings. The second kappa shape index (κ2) is 6.35. The van der Waals surface area contributed by atoms with E-state index < -0.39 is 0 Å². The number of rotatable bonds is 3. The van der Waals surface area contributed by atoms with E-state index in [9.17, 15) is 0 Å². The van der Waals surface area contributed by atoms with Crippen LogP contribution >= 0.6 is 0 Å². The Kier molecular flexibility index (Phi) is 4.48. The van der Waals surface area contributed by atoms with Crippen molar-refractivity contribution >= 4 is 0 Å². The van der Waals surface area contributed by atoms with Crippen molar-refractivity contribution < 1.29 is 4.74 Å². The number of nitrogens with zero attached hydrogens (tertiary/aromatic N) is 2. The fourth-order valence-corrected chi connectivity index (χ4v) is 4.35. The number of piperidine rings is 1. The molecule has 2 fully saturated rings. The summed E-state index contributed by atoms with van der Waals surface area (Å²) in [5.41, 5.74) is 3.55. The number of hydrogen-bond donors (Lipinski definition) is 0. The molecule has 1 aromatic heterocycles. The quantitative estimate of drug-likeness (QED) is 0.844. The third-order valence-electron chi connectivity index (χ3n) is 5.46. The Morgan fingerprint density at radius 3 is 2.76 bits per heavy atom. The molecule has 2 unspecified atom stereocenters. The van der Waals surface area contributed by atoms with Gasteiger partial charge in [-0.25, -0.2) is 0 Å². The first kappa shape index (κ1) is 14.8. The Hall–Kier alpha value is -1.09. The average Bonchev–Trinajstić information content (AvgIpc) is 2.51. The molecule has 1 aliphatic heterocycles. The number of pyridine rings is 1. The van der Waals surface area contributed by atoms with Gasteiger partial charge in [0.15, 0.2) is 0 Å². The molecule has 2 aliphatic rings. The van der Waals surface area contributed by atoms with Crippen molar-refractivity contribution in [1.82, 2.24) is 9.88 Å². The predicted molar refractivity (Wildman–Crippen MR) is 85.7 cm³/mol. The van der Waals surface area contributed by atoms with Crippen molar-refractivity contribution in [1.29, 1.82) is 0 Å². The number of aryl methyl sites for hydroxylation is 1. The summed E-state index contributed by atoms with van der Waals surface area (Å²) in [5, 5.41) is 0. The molecule has 2 atom stereocenters. The second-order valence-electron chi connectivity index (χ2n) is 6.77. The van der Waals surface area contributed by atoms with Crippen LogP contribution in [0.4, 0.5) is 0 Å². The minimum Gasteiger partial charge on any atom is -0.496 e. The van der Waals surface area contributed by atoms with Crippen molar-refractivity contribution in [3.05, 3.63) is 23.0 Å². The Morgan fingerprint density at radius 2 is 1.95 bits per heavy atom. The van der Waals surface area contributed by atoms with Crippen molar-refractivity contribution in [2.24, 2.45) is 5.92 Å². The van der Waals surface area contributed by atoms with Gasteiger partial charge in [0.1, 0.15) is 5.75 Å². The molecule has 0 aromatic carbocycles. The topological polar surface area (TPSA) is 25.4 Å². The lowest BCUT2D eigenvalue weighted by atomic mass is 9.78. The van der Waals surface area contributed by atoms with Crippen molar-refractivity contribution in [2.75, 3.05) is 13.7 Å². The molecular weight excluding hydrogens is 260 g/mol. The van der Waals surface area contributed by atoms with E-state index in [1.54, 1.807) is 7.11 Å². The van der Waals surface area contributed by atoms with Crippen LogP contribution in [0.5, 0.6) is 5.75 Å². The van der Waals surface area contributed by atoms with Crippen LogP contribution in [0.25, 0.3) is 0 Å². The summed E-state index contributed by atoms with van der Waals surface area (Å²) in [6, 6.07) is 0.793. The maximum atomic E-state index is 5.55. The van der Waals surface area contributed by atoms with Crippen LogP contribution in [0.2, 0.25) is 0 Å². The molecule has 1 saturated carbocycles. The zero-order valence-electron chi connectivity index (χ0n) is 13.7. The highest BCUT2D eigenvalue weighted by molar-refractivity contribution is 5.41. The molecule has 0 N–H and O–H groups in total. The Morgan fingerprint density at radius 1 is 1.19 bits per heavy atom. The molecule has 2 heterocycles. The summed E-state index contributed by atoms with van der Waals surface area (Å²) < 4.78 is 5.55. The van der Waals surface area contributed by atoms with Gasteiger partial charge in [0.2, 0.25) is 0 Å². The van der Waals surface area contributed by atoms with Crippen LogP contribution in [0, 0.1) is 19.8 Å². The Labute approximate surface area is 128 Å². The molecule has 0 bridgehead atoms. The van der Waals surface area contributed by atoms with Gasteiger partial charge < -0.3 is 4.74 Å². The number of fused-ring (bicyclic) bond motifs is 1. The lowest BCUT2D eigenvalue weighted by molar-refractivity contribution is 0.0535. The number of hydrogen-bond acceptors (Lipinski definition) is 3. The van der Waals surface area contributed by atoms with E-state index in [4.69, 9.17) is 9.72 Å². The lowest BCUT2D eigenvalue weighted by Gasteiger charge is -2.44. The summed E-state index contributed by atoms with van der Waals surface area (Å²) in [5.74, 6) is 1.94.